The Balaban J connectivity index is 0.000000199. The number of amides is 3. The molecule has 0 bridgehead atoms. The van der Waals surface area contributed by atoms with Crippen molar-refractivity contribution in [2.75, 3.05) is 41.9 Å². The number of H-pyrrole nitrogens is 1. The number of rotatable bonds is 17. The van der Waals surface area contributed by atoms with Crippen molar-refractivity contribution in [2.45, 2.75) is 12.8 Å². The highest BCUT2D eigenvalue weighted by Crippen LogP contribution is 2.26. The van der Waals surface area contributed by atoms with Gasteiger partial charge in [0.15, 0.2) is 0 Å². The van der Waals surface area contributed by atoms with Gasteiger partial charge < -0.3 is 31.2 Å². The number of carbonyl (C=O) groups is 3. The Bertz CT molecular complexity index is 3390. The van der Waals surface area contributed by atoms with Crippen LogP contribution in [0.1, 0.15) is 43.5 Å². The Morgan fingerprint density at radius 2 is 1.26 bits per heavy atom. The molecule has 9 aromatic rings. The molecule has 5 aromatic heterocycles. The maximum absolute atomic E-state index is 12.9. The zero-order valence-corrected chi connectivity index (χ0v) is 40.3. The van der Waals surface area contributed by atoms with E-state index in [0.29, 0.717) is 64.9 Å². The molecule has 362 valence electrons. The first kappa shape index (κ1) is 49.7. The summed E-state index contributed by atoms with van der Waals surface area (Å²) in [5.41, 5.74) is 10.7. The zero-order valence-electron chi connectivity index (χ0n) is 40.3. The van der Waals surface area contributed by atoms with E-state index in [-0.39, 0.29) is 17.7 Å². The van der Waals surface area contributed by atoms with Crippen LogP contribution in [-0.4, -0.2) is 78.1 Å². The lowest BCUT2D eigenvalue weighted by molar-refractivity contribution is -0.111. The average Bonchev–Trinajstić information content (AvgIpc) is 3.89. The molecular formula is C58H52N12O3. The maximum atomic E-state index is 12.9. The summed E-state index contributed by atoms with van der Waals surface area (Å²) < 4.78 is 0. The van der Waals surface area contributed by atoms with Gasteiger partial charge in [0.1, 0.15) is 17.3 Å². The van der Waals surface area contributed by atoms with Gasteiger partial charge in [-0.1, -0.05) is 55.6 Å². The van der Waals surface area contributed by atoms with Crippen LogP contribution in [0.3, 0.4) is 0 Å². The lowest BCUT2D eigenvalue weighted by atomic mass is 10.1. The predicted molar refractivity (Wildman–Crippen MR) is 289 cm³/mol. The van der Waals surface area contributed by atoms with Gasteiger partial charge in [-0.05, 0) is 128 Å². The second-order valence-electron chi connectivity index (χ2n) is 16.9. The van der Waals surface area contributed by atoms with Crippen LogP contribution < -0.4 is 21.3 Å². The van der Waals surface area contributed by atoms with Gasteiger partial charge in [-0.15, -0.1) is 0 Å². The molecule has 0 fully saturated rings. The summed E-state index contributed by atoms with van der Waals surface area (Å²) in [6, 6.07) is 40.8. The van der Waals surface area contributed by atoms with E-state index >= 15 is 0 Å². The Labute approximate surface area is 423 Å². The molecule has 0 radical (unpaired) electrons. The van der Waals surface area contributed by atoms with E-state index in [2.05, 4.69) is 64.3 Å². The van der Waals surface area contributed by atoms with Crippen molar-refractivity contribution in [3.05, 3.63) is 242 Å². The van der Waals surface area contributed by atoms with E-state index in [4.69, 9.17) is 4.98 Å². The third-order valence-electron chi connectivity index (χ3n) is 11.0. The number of hydrogen-bond acceptors (Lipinski definition) is 11. The first-order chi connectivity index (χ1) is 35.5. The highest BCUT2D eigenvalue weighted by molar-refractivity contribution is 6.06. The van der Waals surface area contributed by atoms with Crippen molar-refractivity contribution < 1.29 is 14.4 Å². The van der Waals surface area contributed by atoms with Gasteiger partial charge in [0.05, 0.1) is 11.4 Å². The molecule has 9 rings (SSSR count). The van der Waals surface area contributed by atoms with Crippen LogP contribution in [0.25, 0.3) is 33.5 Å². The maximum Gasteiger partial charge on any atom is 0.255 e. The summed E-state index contributed by atoms with van der Waals surface area (Å²) in [5, 5.41) is 12.7. The Morgan fingerprint density at radius 1 is 0.616 bits per heavy atom. The second kappa shape index (κ2) is 24.2. The standard InChI is InChI=1S/C31H29N7O2.C27H23N5O/c1-38(2)17-5-9-28(39)34-25-8-3-6-22(19-25)31(40)35-24-12-10-21(11-13-24)18-27-36-29(23-7-4-15-32-20-23)26-14-16-33-30(26)37-27;1-3-19(2)30-23-7-4-8-24(17-23)31-27(33)21-11-9-20(10-12-21)16-26-29-15-13-25(32-26)22-6-5-14-28-18-22/h3-16,19-20H,17-18H2,1-2H3,(H,34,39)(H,35,40)(H,33,36,37);3-15,17-18,30H,1-2,16H2,(H,31,33)/b9-5+;. The number of aromatic amines is 1. The number of anilines is 4. The fourth-order valence-corrected chi connectivity index (χ4v) is 7.40. The van der Waals surface area contributed by atoms with Crippen LogP contribution in [0.2, 0.25) is 0 Å². The molecule has 5 heterocycles. The van der Waals surface area contributed by atoms with E-state index in [1.807, 2.05) is 122 Å². The SMILES string of the molecule is C=CC(=C)Nc1cccc(NC(=O)c2ccc(Cc3nccc(-c4cccnc4)n3)cc2)c1.CN(C)C/C=C/C(=O)Nc1cccc(C(=O)Nc2ccc(Cc3nc(-c4cccnc4)c4cc[nH]c4n3)cc2)c1. The Hall–Kier alpha value is -9.73. The molecule has 0 unspecified atom stereocenters. The summed E-state index contributed by atoms with van der Waals surface area (Å²) in [6.45, 7) is 8.18. The number of fused-ring (bicyclic) bond motifs is 1. The first-order valence-electron chi connectivity index (χ1n) is 23.2. The molecule has 0 aliphatic carbocycles. The number of nitrogens with zero attached hydrogens (tertiary/aromatic N) is 7. The number of allylic oxidation sites excluding steroid dienone is 1. The molecule has 0 atom stereocenters. The summed E-state index contributed by atoms with van der Waals surface area (Å²) >= 11 is 0. The molecule has 73 heavy (non-hydrogen) atoms. The van der Waals surface area contributed by atoms with Gasteiger partial charge in [0.25, 0.3) is 11.8 Å². The number of likely N-dealkylation sites (N-methyl/N-ethyl adjacent to an activating group) is 1. The van der Waals surface area contributed by atoms with Crippen LogP contribution in [0.4, 0.5) is 22.7 Å². The third kappa shape index (κ3) is 14.2. The van der Waals surface area contributed by atoms with Gasteiger partial charge >= 0.3 is 0 Å². The Morgan fingerprint density at radius 3 is 1.96 bits per heavy atom. The van der Waals surface area contributed by atoms with E-state index in [9.17, 15) is 14.4 Å². The van der Waals surface area contributed by atoms with Crippen molar-refractivity contribution in [3.63, 3.8) is 0 Å². The van der Waals surface area contributed by atoms with Crippen LogP contribution >= 0.6 is 0 Å². The van der Waals surface area contributed by atoms with E-state index in [1.54, 1.807) is 79.5 Å². The van der Waals surface area contributed by atoms with Crippen LogP contribution in [0, 0.1) is 0 Å². The molecule has 0 spiro atoms. The molecule has 3 amide bonds. The molecule has 5 N–H and O–H groups in total. The summed E-state index contributed by atoms with van der Waals surface area (Å²) in [5.74, 6) is 0.687. The van der Waals surface area contributed by atoms with Crippen molar-refractivity contribution >= 4 is 51.5 Å². The molecule has 15 heteroatoms. The predicted octanol–water partition coefficient (Wildman–Crippen LogP) is 10.4. The van der Waals surface area contributed by atoms with Crippen LogP contribution in [-0.2, 0) is 17.6 Å². The second-order valence-corrected chi connectivity index (χ2v) is 16.9. The smallest absolute Gasteiger partial charge is 0.255 e. The molecule has 0 saturated carbocycles. The Kier molecular flexibility index (Phi) is 16.5. The molecule has 4 aromatic carbocycles. The molecule has 0 aliphatic heterocycles. The average molecular weight is 965 g/mol. The number of nitrogens with one attached hydrogen (secondary N) is 5. The topological polar surface area (TPSA) is 196 Å². The minimum Gasteiger partial charge on any atom is -0.356 e. The third-order valence-corrected chi connectivity index (χ3v) is 11.0. The fraction of sp³-hybridized carbons (Fsp3) is 0.0862. The normalized spacial score (nSPS) is 10.8. The summed E-state index contributed by atoms with van der Waals surface area (Å²) in [7, 11) is 3.85. The fourth-order valence-electron chi connectivity index (χ4n) is 7.40. The molecule has 0 aliphatic rings. The zero-order chi connectivity index (χ0) is 50.9. The van der Waals surface area contributed by atoms with Crippen LogP contribution in [0.15, 0.2) is 208 Å². The van der Waals surface area contributed by atoms with Crippen molar-refractivity contribution in [3.8, 4) is 22.5 Å². The van der Waals surface area contributed by atoms with Crippen molar-refractivity contribution in [2.24, 2.45) is 0 Å². The van der Waals surface area contributed by atoms with Gasteiger partial charge in [-0.2, -0.15) is 0 Å². The van der Waals surface area contributed by atoms with Crippen molar-refractivity contribution in [1.82, 2.24) is 39.8 Å². The highest BCUT2D eigenvalue weighted by atomic mass is 16.2. The van der Waals surface area contributed by atoms with E-state index in [0.717, 1.165) is 50.4 Å². The molecule has 0 saturated heterocycles. The largest absolute Gasteiger partial charge is 0.356 e. The minimum atomic E-state index is -0.270. The quantitative estimate of drug-likeness (QED) is 0.0430. The number of benzene rings is 4. The highest BCUT2D eigenvalue weighted by Gasteiger charge is 2.14. The number of hydrogen-bond donors (Lipinski definition) is 5. The number of carbonyl (C=O) groups excluding carboxylic acids is 3. The summed E-state index contributed by atoms with van der Waals surface area (Å²) in [6.07, 6.45) is 16.6. The van der Waals surface area contributed by atoms with Gasteiger partial charge in [0, 0.05) is 119 Å². The lowest BCUT2D eigenvalue weighted by Gasteiger charge is -2.10. The van der Waals surface area contributed by atoms with Crippen molar-refractivity contribution in [1.29, 1.82) is 0 Å². The first-order valence-corrected chi connectivity index (χ1v) is 23.2. The van der Waals surface area contributed by atoms with Crippen LogP contribution in [0.5, 0.6) is 0 Å². The van der Waals surface area contributed by atoms with E-state index < -0.39 is 0 Å². The van der Waals surface area contributed by atoms with E-state index in [1.165, 1.54) is 6.08 Å². The van der Waals surface area contributed by atoms with Gasteiger partial charge in [-0.3, -0.25) is 24.4 Å². The molecule has 15 nitrogen and oxygen atoms in total. The summed E-state index contributed by atoms with van der Waals surface area (Å²) in [4.78, 5) is 69.7. The minimum absolute atomic E-state index is 0.184. The van der Waals surface area contributed by atoms with Gasteiger partial charge in [-0.25, -0.2) is 19.9 Å². The van der Waals surface area contributed by atoms with Gasteiger partial charge in [0.2, 0.25) is 5.91 Å². The monoisotopic (exact) mass is 964 g/mol. The number of aromatic nitrogens is 7. The lowest BCUT2D eigenvalue weighted by Crippen LogP contribution is -2.14. The molecular weight excluding hydrogens is 913 g/mol. The number of pyridine rings is 2.